The molecule has 5 heteroatoms. The Balaban J connectivity index is 1.22. The van der Waals surface area contributed by atoms with Crippen LogP contribution in [0.1, 0.15) is 23.1 Å². The normalized spacial score (nSPS) is 14.1. The topological polar surface area (TPSA) is 28.5 Å². The first kappa shape index (κ1) is 22.2. The maximum Gasteiger partial charge on any atom is 0.223 e. The molecule has 1 aliphatic heterocycles. The number of amides is 1. The van der Waals surface area contributed by atoms with Crippen LogP contribution >= 0.6 is 0 Å². The molecule has 174 valence electrons. The number of carbonyl (C=O) groups excluding carboxylic acids is 1. The lowest BCUT2D eigenvalue weighted by Crippen LogP contribution is -2.48. The van der Waals surface area contributed by atoms with E-state index in [1.165, 1.54) is 39.7 Å². The molecule has 1 saturated heterocycles. The summed E-state index contributed by atoms with van der Waals surface area (Å²) in [6.45, 7) is 5.87. The molecule has 34 heavy (non-hydrogen) atoms. The van der Waals surface area contributed by atoms with Crippen molar-refractivity contribution >= 4 is 22.5 Å². The summed E-state index contributed by atoms with van der Waals surface area (Å²) in [5.41, 5.74) is 5.97. The van der Waals surface area contributed by atoms with Crippen LogP contribution in [0.3, 0.4) is 0 Å². The van der Waals surface area contributed by atoms with Gasteiger partial charge in [0.1, 0.15) is 5.82 Å². The molecule has 2 heterocycles. The summed E-state index contributed by atoms with van der Waals surface area (Å²) in [6.07, 6.45) is 3.46. The van der Waals surface area contributed by atoms with Gasteiger partial charge in [0, 0.05) is 61.9 Å². The van der Waals surface area contributed by atoms with E-state index in [1.807, 2.05) is 4.90 Å². The Bertz CT molecular complexity index is 1270. The van der Waals surface area contributed by atoms with Crippen molar-refractivity contribution in [2.45, 2.75) is 26.3 Å². The molecule has 0 saturated carbocycles. The first-order valence-corrected chi connectivity index (χ1v) is 12.0. The predicted molar refractivity (Wildman–Crippen MR) is 136 cm³/mol. The summed E-state index contributed by atoms with van der Waals surface area (Å²) in [5.74, 6) is -0.0214. The molecule has 0 N–H and O–H groups in total. The fraction of sp³-hybridized carbons (Fsp3) is 0.276. The van der Waals surface area contributed by atoms with Gasteiger partial charge in [0.15, 0.2) is 0 Å². The Hall–Kier alpha value is -3.60. The minimum atomic E-state index is -0.224. The number of benzene rings is 3. The van der Waals surface area contributed by atoms with Gasteiger partial charge in [-0.05, 0) is 54.8 Å². The van der Waals surface area contributed by atoms with Crippen LogP contribution in [0.5, 0.6) is 0 Å². The number of nitrogens with zero attached hydrogens (tertiary/aromatic N) is 3. The zero-order valence-corrected chi connectivity index (χ0v) is 19.6. The number of hydrogen-bond donors (Lipinski definition) is 0. The van der Waals surface area contributed by atoms with Crippen molar-refractivity contribution in [2.24, 2.45) is 0 Å². The van der Waals surface area contributed by atoms with Crippen molar-refractivity contribution < 1.29 is 9.18 Å². The molecule has 5 rings (SSSR count). The molecule has 1 fully saturated rings. The van der Waals surface area contributed by atoms with Gasteiger partial charge in [-0.3, -0.25) is 4.79 Å². The number of hydrogen-bond acceptors (Lipinski definition) is 2. The highest BCUT2D eigenvalue weighted by molar-refractivity contribution is 5.85. The number of halogens is 1. The highest BCUT2D eigenvalue weighted by Gasteiger charge is 2.21. The quantitative estimate of drug-likeness (QED) is 0.389. The van der Waals surface area contributed by atoms with Crippen LogP contribution in [-0.4, -0.2) is 41.6 Å². The van der Waals surface area contributed by atoms with E-state index in [9.17, 15) is 9.18 Å². The van der Waals surface area contributed by atoms with E-state index in [1.54, 1.807) is 12.1 Å². The zero-order chi connectivity index (χ0) is 23.5. The lowest BCUT2D eigenvalue weighted by molar-refractivity contribution is -0.131. The molecule has 4 nitrogen and oxygen atoms in total. The molecule has 0 aliphatic carbocycles. The first-order chi connectivity index (χ1) is 16.6. The second-order valence-electron chi connectivity index (χ2n) is 9.13. The third kappa shape index (κ3) is 4.84. The third-order valence-electron chi connectivity index (χ3n) is 6.78. The number of carbonyl (C=O) groups is 1. The van der Waals surface area contributed by atoms with Gasteiger partial charge in [-0.2, -0.15) is 0 Å². The fourth-order valence-electron chi connectivity index (χ4n) is 4.81. The van der Waals surface area contributed by atoms with E-state index in [0.717, 1.165) is 31.7 Å². The average Bonchev–Trinajstić information content (AvgIpc) is 3.22. The van der Waals surface area contributed by atoms with Gasteiger partial charge in [-0.15, -0.1) is 0 Å². The summed E-state index contributed by atoms with van der Waals surface area (Å²) in [7, 11) is 0. The van der Waals surface area contributed by atoms with Crippen molar-refractivity contribution in [3.05, 3.63) is 102 Å². The smallest absolute Gasteiger partial charge is 0.223 e. The summed E-state index contributed by atoms with van der Waals surface area (Å²) in [5, 5.41) is 1.23. The highest BCUT2D eigenvalue weighted by atomic mass is 19.1. The number of aryl methyl sites for hydroxylation is 2. The molecule has 4 aromatic rings. The Morgan fingerprint density at radius 2 is 1.59 bits per heavy atom. The van der Waals surface area contributed by atoms with Crippen molar-refractivity contribution in [2.75, 3.05) is 31.1 Å². The Labute approximate surface area is 200 Å². The lowest BCUT2D eigenvalue weighted by atomic mass is 10.1. The van der Waals surface area contributed by atoms with E-state index >= 15 is 0 Å². The summed E-state index contributed by atoms with van der Waals surface area (Å²) in [4.78, 5) is 17.2. The second-order valence-corrected chi connectivity index (χ2v) is 9.13. The largest absolute Gasteiger partial charge is 0.368 e. The fourth-order valence-corrected chi connectivity index (χ4v) is 4.81. The number of anilines is 1. The first-order valence-electron chi connectivity index (χ1n) is 12.0. The maximum absolute atomic E-state index is 13.2. The van der Waals surface area contributed by atoms with Crippen molar-refractivity contribution in [1.82, 2.24) is 9.47 Å². The summed E-state index contributed by atoms with van der Waals surface area (Å²) >= 11 is 0. The SMILES string of the molecule is Cc1ccc(Cn2cc(CCC(=O)N3CCN(c4ccc(F)cc4)CC3)c3ccccc32)cc1. The van der Waals surface area contributed by atoms with Crippen LogP contribution in [-0.2, 0) is 17.8 Å². The monoisotopic (exact) mass is 455 g/mol. The molecule has 3 aromatic carbocycles. The molecule has 0 spiro atoms. The molecule has 1 aliphatic rings. The average molecular weight is 456 g/mol. The van der Waals surface area contributed by atoms with Crippen molar-refractivity contribution in [3.63, 3.8) is 0 Å². The van der Waals surface area contributed by atoms with Crippen LogP contribution in [0.4, 0.5) is 10.1 Å². The predicted octanol–water partition coefficient (Wildman–Crippen LogP) is 5.42. The lowest BCUT2D eigenvalue weighted by Gasteiger charge is -2.36. The van der Waals surface area contributed by atoms with E-state index in [4.69, 9.17) is 0 Å². The summed E-state index contributed by atoms with van der Waals surface area (Å²) < 4.78 is 15.5. The number of fused-ring (bicyclic) bond motifs is 1. The molecular weight excluding hydrogens is 425 g/mol. The van der Waals surface area contributed by atoms with Crippen LogP contribution in [0.15, 0.2) is 79.0 Å². The van der Waals surface area contributed by atoms with Crippen LogP contribution in [0.25, 0.3) is 10.9 Å². The van der Waals surface area contributed by atoms with Crippen molar-refractivity contribution in [3.8, 4) is 0 Å². The van der Waals surface area contributed by atoms with Crippen molar-refractivity contribution in [1.29, 1.82) is 0 Å². The van der Waals surface area contributed by atoms with Gasteiger partial charge < -0.3 is 14.4 Å². The van der Waals surface area contributed by atoms with E-state index < -0.39 is 0 Å². The number of para-hydroxylation sites is 1. The highest BCUT2D eigenvalue weighted by Crippen LogP contribution is 2.24. The molecule has 0 radical (unpaired) electrons. The molecular formula is C29H30FN3O. The van der Waals surface area contributed by atoms with Gasteiger partial charge in [-0.1, -0.05) is 48.0 Å². The third-order valence-corrected chi connectivity index (χ3v) is 6.78. The van der Waals surface area contributed by atoms with Gasteiger partial charge in [0.05, 0.1) is 0 Å². The maximum atomic E-state index is 13.2. The Morgan fingerprint density at radius 1 is 0.882 bits per heavy atom. The molecule has 0 bridgehead atoms. The van der Waals surface area contributed by atoms with Crippen LogP contribution < -0.4 is 4.90 Å². The van der Waals surface area contributed by atoms with E-state index in [-0.39, 0.29) is 11.7 Å². The minimum absolute atomic E-state index is 0.203. The number of rotatable bonds is 6. The number of piperazine rings is 1. The Morgan fingerprint density at radius 3 is 2.32 bits per heavy atom. The summed E-state index contributed by atoms with van der Waals surface area (Å²) in [6, 6.07) is 23.7. The number of aromatic nitrogens is 1. The van der Waals surface area contributed by atoms with Crippen LogP contribution in [0, 0.1) is 12.7 Å². The minimum Gasteiger partial charge on any atom is -0.368 e. The van der Waals surface area contributed by atoms with Gasteiger partial charge in [0.2, 0.25) is 5.91 Å². The van der Waals surface area contributed by atoms with Gasteiger partial charge in [0.25, 0.3) is 0 Å². The van der Waals surface area contributed by atoms with Gasteiger partial charge in [-0.25, -0.2) is 4.39 Å². The molecule has 0 atom stereocenters. The second kappa shape index (κ2) is 9.72. The van der Waals surface area contributed by atoms with Gasteiger partial charge >= 0.3 is 0 Å². The molecule has 1 amide bonds. The molecule has 1 aromatic heterocycles. The van der Waals surface area contributed by atoms with E-state index in [0.29, 0.717) is 19.5 Å². The zero-order valence-electron chi connectivity index (χ0n) is 19.6. The van der Waals surface area contributed by atoms with Crippen LogP contribution in [0.2, 0.25) is 0 Å². The van der Waals surface area contributed by atoms with E-state index in [2.05, 4.69) is 71.1 Å². The standard InChI is InChI=1S/C29H30FN3O/c1-22-6-8-23(9-7-22)20-33-21-24(27-4-2-3-5-28(27)33)10-15-29(34)32-18-16-31(17-19-32)26-13-11-25(30)12-14-26/h2-9,11-14,21H,10,15-20H2,1H3. The Kier molecular flexibility index (Phi) is 6.35. The molecule has 0 unspecified atom stereocenters.